The molecule has 0 aromatic heterocycles. The lowest BCUT2D eigenvalue weighted by Crippen LogP contribution is -2.29. The van der Waals surface area contributed by atoms with E-state index in [2.05, 4.69) is 24.5 Å². The lowest BCUT2D eigenvalue weighted by molar-refractivity contribution is -0.126. The summed E-state index contributed by atoms with van der Waals surface area (Å²) in [7, 11) is 0. The molecule has 0 aliphatic carbocycles. The number of Topliss-reactive ketones (excluding diaryl/α,β-unsaturated/α-hetero) is 1. The van der Waals surface area contributed by atoms with Crippen molar-refractivity contribution in [3.05, 3.63) is 0 Å². The Balaban J connectivity index is 0. The maximum absolute atomic E-state index is 11.6. The van der Waals surface area contributed by atoms with Crippen LogP contribution in [0.2, 0.25) is 0 Å². The van der Waals surface area contributed by atoms with Crippen LogP contribution in [0.5, 0.6) is 0 Å². The highest BCUT2D eigenvalue weighted by atomic mass is 16.5. The monoisotopic (exact) mass is 402 g/mol. The van der Waals surface area contributed by atoms with Gasteiger partial charge < -0.3 is 24.9 Å². The summed E-state index contributed by atoms with van der Waals surface area (Å²) >= 11 is 0. The Labute approximate surface area is 171 Å². The topological polar surface area (TPSA) is 93.7 Å². The Kier molecular flexibility index (Phi) is 22.4. The summed E-state index contributed by atoms with van der Waals surface area (Å²) in [6.45, 7) is 12.0. The van der Waals surface area contributed by atoms with Crippen LogP contribution in [0.4, 0.5) is 0 Å². The van der Waals surface area contributed by atoms with Crippen molar-refractivity contribution in [3.8, 4) is 0 Å². The van der Waals surface area contributed by atoms with Crippen LogP contribution in [0.15, 0.2) is 0 Å². The third kappa shape index (κ3) is 24.5. The molecule has 166 valence electrons. The number of rotatable bonds is 17. The number of hydrogen-bond acceptors (Lipinski definition) is 5. The van der Waals surface area contributed by atoms with Gasteiger partial charge in [0.05, 0.1) is 19.8 Å². The average Bonchev–Trinajstić information content (AvgIpc) is 2.66. The number of carbonyl (C=O) groups excluding carboxylic acids is 3. The summed E-state index contributed by atoms with van der Waals surface area (Å²) in [6.07, 6.45) is 4.86. The Morgan fingerprint density at radius 3 is 2.07 bits per heavy atom. The summed E-state index contributed by atoms with van der Waals surface area (Å²) in [5.74, 6) is 0.676. The second-order valence-corrected chi connectivity index (χ2v) is 6.81. The first kappa shape index (κ1) is 28.7. The van der Waals surface area contributed by atoms with E-state index >= 15 is 0 Å². The molecule has 0 aliphatic rings. The SMILES string of the molecule is CC.CC(=O)CCCNC(=O)COCCOCCNC(=O)CCCCC(C)C. The first-order valence-corrected chi connectivity index (χ1v) is 10.6. The molecule has 0 spiro atoms. The Bertz CT molecular complexity index is 400. The lowest BCUT2D eigenvalue weighted by atomic mass is 10.1. The molecule has 0 aliphatic heterocycles. The van der Waals surface area contributed by atoms with Crippen molar-refractivity contribution in [3.63, 3.8) is 0 Å². The largest absolute Gasteiger partial charge is 0.377 e. The minimum atomic E-state index is -0.196. The maximum atomic E-state index is 11.6. The van der Waals surface area contributed by atoms with Crippen molar-refractivity contribution >= 4 is 17.6 Å². The van der Waals surface area contributed by atoms with Crippen LogP contribution in [0, 0.1) is 5.92 Å². The minimum Gasteiger partial charge on any atom is -0.377 e. The first-order chi connectivity index (χ1) is 13.4. The molecule has 0 saturated carbocycles. The number of ketones is 1. The zero-order valence-electron chi connectivity index (χ0n) is 18.6. The molecule has 7 heteroatoms. The molecule has 2 amide bonds. The zero-order chi connectivity index (χ0) is 21.6. The van der Waals surface area contributed by atoms with Gasteiger partial charge in [0, 0.05) is 25.9 Å². The number of amides is 2. The van der Waals surface area contributed by atoms with E-state index in [0.29, 0.717) is 58.1 Å². The molecule has 0 heterocycles. The smallest absolute Gasteiger partial charge is 0.245 e. The van der Waals surface area contributed by atoms with Gasteiger partial charge in [-0.15, -0.1) is 0 Å². The second kappa shape index (κ2) is 21.8. The molecule has 28 heavy (non-hydrogen) atoms. The van der Waals surface area contributed by atoms with Gasteiger partial charge in [-0.3, -0.25) is 9.59 Å². The van der Waals surface area contributed by atoms with Crippen molar-refractivity contribution in [2.45, 2.75) is 73.1 Å². The van der Waals surface area contributed by atoms with E-state index in [1.807, 2.05) is 13.8 Å². The van der Waals surface area contributed by atoms with Gasteiger partial charge in [0.15, 0.2) is 0 Å². The molecule has 0 saturated heterocycles. The van der Waals surface area contributed by atoms with Crippen molar-refractivity contribution in [1.82, 2.24) is 10.6 Å². The van der Waals surface area contributed by atoms with E-state index in [1.54, 1.807) is 0 Å². The van der Waals surface area contributed by atoms with Crippen LogP contribution in [0.3, 0.4) is 0 Å². The predicted molar refractivity (Wildman–Crippen MR) is 112 cm³/mol. The van der Waals surface area contributed by atoms with Gasteiger partial charge in [-0.05, 0) is 25.7 Å². The summed E-state index contributed by atoms with van der Waals surface area (Å²) < 4.78 is 10.5. The molecule has 0 bridgehead atoms. The third-order valence-electron chi connectivity index (χ3n) is 3.64. The Hall–Kier alpha value is -1.47. The number of nitrogens with one attached hydrogen (secondary N) is 2. The Morgan fingerprint density at radius 1 is 0.786 bits per heavy atom. The molecular weight excluding hydrogens is 360 g/mol. The maximum Gasteiger partial charge on any atom is 0.245 e. The number of unbranched alkanes of at least 4 members (excludes halogenated alkanes) is 1. The van der Waals surface area contributed by atoms with Gasteiger partial charge in [0.25, 0.3) is 0 Å². The van der Waals surface area contributed by atoms with E-state index in [0.717, 1.165) is 19.3 Å². The van der Waals surface area contributed by atoms with Crippen LogP contribution in [-0.4, -0.2) is 57.1 Å². The lowest BCUT2D eigenvalue weighted by Gasteiger charge is -2.08. The minimum absolute atomic E-state index is 0.0173. The van der Waals surface area contributed by atoms with Gasteiger partial charge in [-0.1, -0.05) is 40.5 Å². The molecule has 2 N–H and O–H groups in total. The highest BCUT2D eigenvalue weighted by molar-refractivity contribution is 5.77. The molecule has 0 unspecified atom stereocenters. The van der Waals surface area contributed by atoms with Gasteiger partial charge in [0.2, 0.25) is 11.8 Å². The number of carbonyl (C=O) groups is 3. The fourth-order valence-electron chi connectivity index (χ4n) is 2.19. The van der Waals surface area contributed by atoms with Crippen molar-refractivity contribution in [2.75, 3.05) is 39.5 Å². The molecule has 7 nitrogen and oxygen atoms in total. The van der Waals surface area contributed by atoms with E-state index in [4.69, 9.17) is 9.47 Å². The molecule has 0 aromatic rings. The van der Waals surface area contributed by atoms with Crippen molar-refractivity contribution in [2.24, 2.45) is 5.92 Å². The highest BCUT2D eigenvalue weighted by Crippen LogP contribution is 2.07. The molecule has 0 aromatic carbocycles. The summed E-state index contributed by atoms with van der Waals surface area (Å²) in [5.41, 5.74) is 0. The first-order valence-electron chi connectivity index (χ1n) is 10.6. The van der Waals surface area contributed by atoms with Crippen LogP contribution >= 0.6 is 0 Å². The van der Waals surface area contributed by atoms with Crippen LogP contribution < -0.4 is 10.6 Å². The molecule has 0 fully saturated rings. The summed E-state index contributed by atoms with van der Waals surface area (Å²) in [4.78, 5) is 33.8. The number of ether oxygens (including phenoxy) is 2. The molecule has 0 radical (unpaired) electrons. The fourth-order valence-corrected chi connectivity index (χ4v) is 2.19. The van der Waals surface area contributed by atoms with Gasteiger partial charge in [0.1, 0.15) is 12.4 Å². The Morgan fingerprint density at radius 2 is 1.43 bits per heavy atom. The van der Waals surface area contributed by atoms with Gasteiger partial charge >= 0.3 is 0 Å². The van der Waals surface area contributed by atoms with Gasteiger partial charge in [-0.25, -0.2) is 0 Å². The third-order valence-corrected chi connectivity index (χ3v) is 3.64. The van der Waals surface area contributed by atoms with Crippen LogP contribution in [-0.2, 0) is 23.9 Å². The summed E-state index contributed by atoms with van der Waals surface area (Å²) in [6, 6.07) is 0. The predicted octanol–water partition coefficient (Wildman–Crippen LogP) is 2.86. The van der Waals surface area contributed by atoms with E-state index in [1.165, 1.54) is 6.92 Å². The van der Waals surface area contributed by atoms with Crippen LogP contribution in [0.25, 0.3) is 0 Å². The average molecular weight is 403 g/mol. The zero-order valence-corrected chi connectivity index (χ0v) is 18.6. The molecular formula is C21H42N2O5. The number of hydrogen-bond donors (Lipinski definition) is 2. The van der Waals surface area contributed by atoms with Crippen LogP contribution in [0.1, 0.15) is 73.1 Å². The normalized spacial score (nSPS) is 10.2. The van der Waals surface area contributed by atoms with E-state index < -0.39 is 0 Å². The van der Waals surface area contributed by atoms with Gasteiger partial charge in [-0.2, -0.15) is 0 Å². The summed E-state index contributed by atoms with van der Waals surface area (Å²) in [5, 5.41) is 5.51. The molecule has 0 atom stereocenters. The highest BCUT2D eigenvalue weighted by Gasteiger charge is 2.03. The quantitative estimate of drug-likeness (QED) is 0.365. The van der Waals surface area contributed by atoms with Crippen molar-refractivity contribution in [1.29, 1.82) is 0 Å². The fraction of sp³-hybridized carbons (Fsp3) is 0.857. The standard InChI is InChI=1S/C19H36N2O5.C2H6/c1-16(2)7-4-5-9-18(23)21-11-12-25-13-14-26-15-19(24)20-10-6-8-17(3)22;1-2/h16H,4-15H2,1-3H3,(H,20,24)(H,21,23);1-2H3. The van der Waals surface area contributed by atoms with E-state index in [9.17, 15) is 14.4 Å². The van der Waals surface area contributed by atoms with E-state index in [-0.39, 0.29) is 24.2 Å². The second-order valence-electron chi connectivity index (χ2n) is 6.81. The van der Waals surface area contributed by atoms with Crippen molar-refractivity contribution < 1.29 is 23.9 Å². The molecule has 0 rings (SSSR count).